The van der Waals surface area contributed by atoms with Crippen molar-refractivity contribution in [2.24, 2.45) is 0 Å². The molecule has 19 heavy (non-hydrogen) atoms. The standard InChI is InChI=1S/C12H9BrINO2S2/c1-2-15-11(17)9(19-12(15)18)5-6-3-7(13)10(16)8(14)4-6/h3-5,16H,2H2,1H3/b9-5-. The van der Waals surface area contributed by atoms with Gasteiger partial charge >= 0.3 is 0 Å². The molecule has 1 N–H and O–H groups in total. The number of hydrogen-bond acceptors (Lipinski definition) is 4. The van der Waals surface area contributed by atoms with Crippen LogP contribution in [0, 0.1) is 3.57 Å². The summed E-state index contributed by atoms with van der Waals surface area (Å²) in [5, 5.41) is 9.69. The van der Waals surface area contributed by atoms with E-state index in [2.05, 4.69) is 15.9 Å². The second kappa shape index (κ2) is 6.11. The Balaban J connectivity index is 2.38. The predicted molar refractivity (Wildman–Crippen MR) is 94.1 cm³/mol. The summed E-state index contributed by atoms with van der Waals surface area (Å²) in [7, 11) is 0. The van der Waals surface area contributed by atoms with E-state index in [4.69, 9.17) is 12.2 Å². The van der Waals surface area contributed by atoms with Gasteiger partial charge in [-0.05, 0) is 69.2 Å². The fourth-order valence-corrected chi connectivity index (χ4v) is 4.48. The van der Waals surface area contributed by atoms with Crippen LogP contribution in [0.5, 0.6) is 5.75 Å². The molecule has 1 aromatic rings. The molecular weight excluding hydrogens is 461 g/mol. The van der Waals surface area contributed by atoms with Crippen LogP contribution in [0.25, 0.3) is 6.08 Å². The van der Waals surface area contributed by atoms with Gasteiger partial charge in [-0.15, -0.1) is 0 Å². The lowest BCUT2D eigenvalue weighted by Gasteiger charge is -2.09. The van der Waals surface area contributed by atoms with Crippen molar-refractivity contribution < 1.29 is 9.90 Å². The molecule has 1 aromatic carbocycles. The molecule has 0 radical (unpaired) electrons. The van der Waals surface area contributed by atoms with Crippen molar-refractivity contribution >= 4 is 78.8 Å². The Bertz CT molecular complexity index is 580. The van der Waals surface area contributed by atoms with E-state index in [9.17, 15) is 9.90 Å². The molecule has 0 spiro atoms. The number of rotatable bonds is 2. The number of phenolic OH excluding ortho intramolecular Hbond substituents is 1. The van der Waals surface area contributed by atoms with Gasteiger partial charge in [0, 0.05) is 6.54 Å². The smallest absolute Gasteiger partial charge is 0.266 e. The Hall–Kier alpha value is -0.120. The topological polar surface area (TPSA) is 40.5 Å². The Kier molecular flexibility index (Phi) is 4.91. The Morgan fingerprint density at radius 1 is 1.58 bits per heavy atom. The zero-order valence-electron chi connectivity index (χ0n) is 9.81. The lowest BCUT2D eigenvalue weighted by Crippen LogP contribution is -2.27. The first-order chi connectivity index (χ1) is 8.93. The van der Waals surface area contributed by atoms with Crippen LogP contribution in [-0.4, -0.2) is 26.8 Å². The highest BCUT2D eigenvalue weighted by molar-refractivity contribution is 14.1. The van der Waals surface area contributed by atoms with Gasteiger partial charge in [0.1, 0.15) is 10.1 Å². The fourth-order valence-electron chi connectivity index (χ4n) is 1.59. The molecule has 7 heteroatoms. The van der Waals surface area contributed by atoms with Crippen LogP contribution >= 0.6 is 62.5 Å². The number of carbonyl (C=O) groups is 1. The van der Waals surface area contributed by atoms with Crippen LogP contribution in [0.3, 0.4) is 0 Å². The molecule has 0 aliphatic carbocycles. The summed E-state index contributed by atoms with van der Waals surface area (Å²) >= 11 is 11.8. The van der Waals surface area contributed by atoms with E-state index in [1.165, 1.54) is 11.8 Å². The third-order valence-corrected chi connectivity index (χ3v) is 5.33. The van der Waals surface area contributed by atoms with Crippen molar-refractivity contribution in [1.82, 2.24) is 4.90 Å². The summed E-state index contributed by atoms with van der Waals surface area (Å²) in [5.74, 6) is 0.149. The number of likely N-dealkylation sites (N-methyl/N-ethyl adjacent to an activating group) is 1. The number of hydrogen-bond donors (Lipinski definition) is 1. The summed E-state index contributed by atoms with van der Waals surface area (Å²) in [6.45, 7) is 2.48. The molecule has 0 atom stereocenters. The average Bonchev–Trinajstić information content (AvgIpc) is 2.61. The van der Waals surface area contributed by atoms with Crippen molar-refractivity contribution in [3.8, 4) is 5.75 Å². The van der Waals surface area contributed by atoms with E-state index in [0.717, 1.165) is 9.13 Å². The van der Waals surface area contributed by atoms with Gasteiger partial charge in [-0.3, -0.25) is 9.69 Å². The van der Waals surface area contributed by atoms with E-state index >= 15 is 0 Å². The first kappa shape index (κ1) is 15.3. The first-order valence-corrected chi connectivity index (χ1v) is 8.47. The summed E-state index contributed by atoms with van der Waals surface area (Å²) in [5.41, 5.74) is 0.852. The molecule has 0 bridgehead atoms. The minimum absolute atomic E-state index is 0.0586. The number of carbonyl (C=O) groups excluding carboxylic acids is 1. The van der Waals surface area contributed by atoms with Crippen LogP contribution in [0.2, 0.25) is 0 Å². The Morgan fingerprint density at radius 2 is 2.26 bits per heavy atom. The molecule has 1 saturated heterocycles. The van der Waals surface area contributed by atoms with E-state index in [1.807, 2.05) is 35.6 Å². The van der Waals surface area contributed by atoms with Gasteiger partial charge in [-0.1, -0.05) is 24.0 Å². The number of amides is 1. The molecular formula is C12H9BrINO2S2. The predicted octanol–water partition coefficient (Wildman–Crippen LogP) is 3.98. The molecule has 0 unspecified atom stereocenters. The molecule has 100 valence electrons. The van der Waals surface area contributed by atoms with Crippen molar-refractivity contribution in [3.63, 3.8) is 0 Å². The number of phenols is 1. The molecule has 1 aliphatic heterocycles. The Labute approximate surface area is 142 Å². The van der Waals surface area contributed by atoms with Gasteiger partial charge in [0.05, 0.1) is 12.9 Å². The maximum Gasteiger partial charge on any atom is 0.266 e. The zero-order chi connectivity index (χ0) is 14.2. The molecule has 0 aromatic heterocycles. The monoisotopic (exact) mass is 469 g/mol. The van der Waals surface area contributed by atoms with Crippen molar-refractivity contribution in [3.05, 3.63) is 30.6 Å². The molecule has 1 fully saturated rings. The highest BCUT2D eigenvalue weighted by atomic mass is 127. The van der Waals surface area contributed by atoms with Crippen LogP contribution in [0.4, 0.5) is 0 Å². The SMILES string of the molecule is CCN1C(=O)/C(=C/c2cc(Br)c(O)c(I)c2)SC1=S. The second-order valence-corrected chi connectivity index (χ2v) is 7.45. The number of thiocarbonyl (C=S) groups is 1. The highest BCUT2D eigenvalue weighted by Crippen LogP contribution is 2.35. The summed E-state index contributed by atoms with van der Waals surface area (Å²) in [6, 6.07) is 3.59. The van der Waals surface area contributed by atoms with Gasteiger partial charge in [-0.2, -0.15) is 0 Å². The molecule has 2 rings (SSSR count). The zero-order valence-corrected chi connectivity index (χ0v) is 15.2. The quantitative estimate of drug-likeness (QED) is 0.404. The highest BCUT2D eigenvalue weighted by Gasteiger charge is 2.30. The lowest BCUT2D eigenvalue weighted by molar-refractivity contribution is -0.121. The molecule has 1 aliphatic rings. The van der Waals surface area contributed by atoms with E-state index in [1.54, 1.807) is 17.0 Å². The maximum absolute atomic E-state index is 12.1. The van der Waals surface area contributed by atoms with Crippen LogP contribution in [0.15, 0.2) is 21.5 Å². The van der Waals surface area contributed by atoms with Gasteiger partial charge in [0.15, 0.2) is 0 Å². The lowest BCUT2D eigenvalue weighted by atomic mass is 10.2. The number of benzene rings is 1. The fraction of sp³-hybridized carbons (Fsp3) is 0.167. The van der Waals surface area contributed by atoms with Crippen molar-refractivity contribution in [1.29, 1.82) is 0 Å². The van der Waals surface area contributed by atoms with Gasteiger partial charge < -0.3 is 5.11 Å². The number of nitrogens with zero attached hydrogens (tertiary/aromatic N) is 1. The molecule has 3 nitrogen and oxygen atoms in total. The largest absolute Gasteiger partial charge is 0.506 e. The second-order valence-electron chi connectivity index (χ2n) is 3.76. The minimum Gasteiger partial charge on any atom is -0.506 e. The Morgan fingerprint density at radius 3 is 2.79 bits per heavy atom. The number of halogens is 2. The molecule has 1 amide bonds. The minimum atomic E-state index is -0.0586. The number of aromatic hydroxyl groups is 1. The van der Waals surface area contributed by atoms with E-state index < -0.39 is 0 Å². The van der Waals surface area contributed by atoms with Crippen LogP contribution in [-0.2, 0) is 4.79 Å². The van der Waals surface area contributed by atoms with Gasteiger partial charge in [-0.25, -0.2) is 0 Å². The number of thioether (sulfide) groups is 1. The third kappa shape index (κ3) is 3.14. The average molecular weight is 470 g/mol. The normalized spacial score (nSPS) is 17.6. The van der Waals surface area contributed by atoms with Gasteiger partial charge in [0.25, 0.3) is 5.91 Å². The van der Waals surface area contributed by atoms with Crippen molar-refractivity contribution in [2.45, 2.75) is 6.92 Å². The van der Waals surface area contributed by atoms with Crippen molar-refractivity contribution in [2.75, 3.05) is 6.54 Å². The third-order valence-electron chi connectivity index (χ3n) is 2.53. The molecule has 1 heterocycles. The van der Waals surface area contributed by atoms with Crippen LogP contribution < -0.4 is 0 Å². The van der Waals surface area contributed by atoms with E-state index in [0.29, 0.717) is 20.2 Å². The first-order valence-electron chi connectivity index (χ1n) is 5.37. The maximum atomic E-state index is 12.1. The summed E-state index contributed by atoms with van der Waals surface area (Å²) in [6.07, 6.45) is 1.79. The van der Waals surface area contributed by atoms with Crippen LogP contribution in [0.1, 0.15) is 12.5 Å². The van der Waals surface area contributed by atoms with E-state index in [-0.39, 0.29) is 11.7 Å². The van der Waals surface area contributed by atoms with Gasteiger partial charge in [0.2, 0.25) is 0 Å². The molecule has 0 saturated carbocycles. The summed E-state index contributed by atoms with van der Waals surface area (Å²) in [4.78, 5) is 14.3. The summed E-state index contributed by atoms with van der Waals surface area (Å²) < 4.78 is 1.92.